The molecule has 11 heteroatoms. The molecule has 212 valence electrons. The van der Waals surface area contributed by atoms with Crippen LogP contribution in [0, 0.1) is 5.92 Å². The first-order valence-electron chi connectivity index (χ1n) is 13.0. The van der Waals surface area contributed by atoms with Crippen LogP contribution in [-0.4, -0.2) is 78.4 Å². The monoisotopic (exact) mass is 566 g/mol. The molecule has 0 saturated carbocycles. The summed E-state index contributed by atoms with van der Waals surface area (Å²) in [6, 6.07) is 16.0. The van der Waals surface area contributed by atoms with Crippen molar-refractivity contribution in [3.8, 4) is 5.75 Å². The minimum atomic E-state index is -3.78. The van der Waals surface area contributed by atoms with Crippen molar-refractivity contribution in [3.63, 3.8) is 0 Å². The number of amides is 2. The van der Waals surface area contributed by atoms with Crippen LogP contribution in [-0.2, 0) is 21.2 Å². The Morgan fingerprint density at radius 2 is 1.88 bits per heavy atom. The molecule has 10 nitrogen and oxygen atoms in total. The molecule has 1 aromatic heterocycles. The summed E-state index contributed by atoms with van der Waals surface area (Å²) in [7, 11) is -2.28. The van der Waals surface area contributed by atoms with Crippen LogP contribution in [0.1, 0.15) is 29.8 Å². The van der Waals surface area contributed by atoms with Crippen molar-refractivity contribution < 1.29 is 27.9 Å². The summed E-state index contributed by atoms with van der Waals surface area (Å²) in [5.74, 6) is -0.381. The maximum atomic E-state index is 13.4. The predicted octanol–water partition coefficient (Wildman–Crippen LogP) is 2.80. The average Bonchev–Trinajstić information content (AvgIpc) is 3.01. The molecule has 0 spiro atoms. The molecule has 0 bridgehead atoms. The number of fused-ring (bicyclic) bond motifs is 1. The highest BCUT2D eigenvalue weighted by Gasteiger charge is 2.33. The van der Waals surface area contributed by atoms with Gasteiger partial charge in [-0.2, -0.15) is 4.31 Å². The highest BCUT2D eigenvalue weighted by molar-refractivity contribution is 7.89. The molecule has 40 heavy (non-hydrogen) atoms. The Morgan fingerprint density at radius 1 is 1.18 bits per heavy atom. The van der Waals surface area contributed by atoms with E-state index in [1.807, 2.05) is 6.92 Å². The van der Waals surface area contributed by atoms with Gasteiger partial charge < -0.3 is 20.1 Å². The number of ether oxygens (including phenoxy) is 1. The minimum absolute atomic E-state index is 0.0176. The highest BCUT2D eigenvalue weighted by Crippen LogP contribution is 2.30. The van der Waals surface area contributed by atoms with Crippen LogP contribution in [0.5, 0.6) is 5.75 Å². The number of rotatable bonds is 8. The lowest BCUT2D eigenvalue weighted by Gasteiger charge is -2.33. The average molecular weight is 567 g/mol. The number of nitrogens with one attached hydrogen (secondary N) is 1. The van der Waals surface area contributed by atoms with Gasteiger partial charge in [-0.15, -0.1) is 0 Å². The topological polar surface area (TPSA) is 129 Å². The third-order valence-corrected chi connectivity index (χ3v) is 8.84. The van der Waals surface area contributed by atoms with Crippen LogP contribution in [0.4, 0.5) is 5.69 Å². The van der Waals surface area contributed by atoms with E-state index in [9.17, 15) is 23.1 Å². The smallest absolute Gasteiger partial charge is 0.255 e. The Morgan fingerprint density at radius 3 is 2.55 bits per heavy atom. The first kappa shape index (κ1) is 29.2. The van der Waals surface area contributed by atoms with Crippen molar-refractivity contribution in [1.29, 1.82) is 0 Å². The number of nitrogens with zero attached hydrogens (tertiary/aromatic N) is 3. The van der Waals surface area contributed by atoms with Crippen molar-refractivity contribution in [3.05, 3.63) is 84.2 Å². The van der Waals surface area contributed by atoms with Crippen molar-refractivity contribution in [2.45, 2.75) is 37.3 Å². The number of hydrogen-bond donors (Lipinski definition) is 2. The Balaban J connectivity index is 1.65. The second-order valence-electron chi connectivity index (χ2n) is 10.00. The Labute approximate surface area is 234 Å². The van der Waals surface area contributed by atoms with E-state index in [0.29, 0.717) is 22.6 Å². The molecule has 2 amide bonds. The number of pyridine rings is 1. The number of benzene rings is 2. The number of hydrogen-bond acceptors (Lipinski definition) is 7. The molecule has 0 saturated heterocycles. The molecule has 3 aromatic rings. The van der Waals surface area contributed by atoms with E-state index < -0.39 is 22.2 Å². The second-order valence-corrected chi connectivity index (χ2v) is 12.0. The van der Waals surface area contributed by atoms with Crippen LogP contribution in [0.3, 0.4) is 0 Å². The molecular formula is C29H34N4O6S. The van der Waals surface area contributed by atoms with Crippen molar-refractivity contribution >= 4 is 27.5 Å². The Kier molecular flexibility index (Phi) is 9.18. The molecule has 1 aliphatic heterocycles. The third kappa shape index (κ3) is 6.67. The lowest BCUT2D eigenvalue weighted by atomic mass is 10.0. The molecule has 4 rings (SSSR count). The van der Waals surface area contributed by atoms with Gasteiger partial charge in [-0.1, -0.05) is 25.1 Å². The number of aliphatic hydroxyl groups is 1. The number of carbonyl (C=O) groups is 2. The number of likely N-dealkylation sites (N-methyl/N-ethyl adjacent to an activating group) is 1. The molecule has 0 aliphatic carbocycles. The van der Waals surface area contributed by atoms with E-state index in [1.165, 1.54) is 23.7 Å². The van der Waals surface area contributed by atoms with Crippen LogP contribution >= 0.6 is 0 Å². The number of aromatic nitrogens is 1. The number of carbonyl (C=O) groups excluding carboxylic acids is 2. The lowest BCUT2D eigenvalue weighted by molar-refractivity contribution is -0.134. The summed E-state index contributed by atoms with van der Waals surface area (Å²) in [5, 5.41) is 12.7. The molecule has 2 aromatic carbocycles. The van der Waals surface area contributed by atoms with Gasteiger partial charge in [0, 0.05) is 48.7 Å². The first-order valence-corrected chi connectivity index (χ1v) is 14.5. The van der Waals surface area contributed by atoms with Gasteiger partial charge in [0.2, 0.25) is 15.9 Å². The van der Waals surface area contributed by atoms with Crippen LogP contribution < -0.4 is 10.1 Å². The Bertz CT molecular complexity index is 1440. The summed E-state index contributed by atoms with van der Waals surface area (Å²) in [6.07, 6.45) is 2.42. The summed E-state index contributed by atoms with van der Waals surface area (Å²) < 4.78 is 34.2. The molecule has 0 unspecified atom stereocenters. The van der Waals surface area contributed by atoms with E-state index in [2.05, 4.69) is 10.3 Å². The third-order valence-electron chi connectivity index (χ3n) is 7.01. The van der Waals surface area contributed by atoms with Gasteiger partial charge in [-0.3, -0.25) is 14.6 Å². The predicted molar refractivity (Wildman–Crippen MR) is 150 cm³/mol. The van der Waals surface area contributed by atoms with Crippen LogP contribution in [0.15, 0.2) is 78.0 Å². The summed E-state index contributed by atoms with van der Waals surface area (Å²) >= 11 is 0. The van der Waals surface area contributed by atoms with E-state index in [4.69, 9.17) is 4.74 Å². The molecule has 2 N–H and O–H groups in total. The van der Waals surface area contributed by atoms with Crippen LogP contribution in [0.2, 0.25) is 0 Å². The van der Waals surface area contributed by atoms with Crippen molar-refractivity contribution in [2.24, 2.45) is 5.92 Å². The van der Waals surface area contributed by atoms with Gasteiger partial charge in [0.15, 0.2) is 0 Å². The molecule has 0 radical (unpaired) electrons. The van der Waals surface area contributed by atoms with Gasteiger partial charge >= 0.3 is 0 Å². The zero-order chi connectivity index (χ0) is 28.9. The zero-order valence-electron chi connectivity index (χ0n) is 22.7. The SMILES string of the molecule is C[C@@H]1CN([C@H](C)CO)C(=O)Cc2cc(NC(=O)c3ccncc3)ccc2O[C@H]1CN(C)S(=O)(=O)c1ccccc1. The van der Waals surface area contributed by atoms with Crippen molar-refractivity contribution in [1.82, 2.24) is 14.2 Å². The second kappa shape index (κ2) is 12.6. The van der Waals surface area contributed by atoms with Crippen LogP contribution in [0.25, 0.3) is 0 Å². The van der Waals surface area contributed by atoms with E-state index in [-0.39, 0.29) is 48.7 Å². The van der Waals surface area contributed by atoms with Gasteiger partial charge in [-0.05, 0) is 49.4 Å². The Hall–Kier alpha value is -3.80. The number of aliphatic hydroxyl groups excluding tert-OH is 1. The van der Waals surface area contributed by atoms with Gasteiger partial charge in [0.25, 0.3) is 5.91 Å². The van der Waals surface area contributed by atoms with Crippen molar-refractivity contribution in [2.75, 3.05) is 32.1 Å². The highest BCUT2D eigenvalue weighted by atomic mass is 32.2. The maximum Gasteiger partial charge on any atom is 0.255 e. The lowest BCUT2D eigenvalue weighted by Crippen LogP contribution is -2.48. The number of anilines is 1. The molecular weight excluding hydrogens is 532 g/mol. The maximum absolute atomic E-state index is 13.4. The van der Waals surface area contributed by atoms with E-state index in [0.717, 1.165) is 0 Å². The zero-order valence-corrected chi connectivity index (χ0v) is 23.5. The summed E-state index contributed by atoms with van der Waals surface area (Å²) in [4.78, 5) is 31.8. The summed E-state index contributed by atoms with van der Waals surface area (Å²) in [5.41, 5.74) is 1.46. The molecule has 3 atom stereocenters. The molecule has 0 fully saturated rings. The fourth-order valence-electron chi connectivity index (χ4n) is 4.56. The fraction of sp³-hybridized carbons (Fsp3) is 0.345. The fourth-order valence-corrected chi connectivity index (χ4v) is 5.76. The standard InChI is InChI=1S/C29H34N4O6S/c1-20-17-33(21(2)19-34)28(35)16-23-15-24(31-29(36)22-11-13-30-14-12-22)9-10-26(23)39-27(20)18-32(3)40(37,38)25-7-5-4-6-8-25/h4-15,20-21,27,34H,16-19H2,1-3H3,(H,31,36)/t20-,21-,27+/m1/s1. The minimum Gasteiger partial charge on any atom is -0.488 e. The largest absolute Gasteiger partial charge is 0.488 e. The van der Waals surface area contributed by atoms with Gasteiger partial charge in [-0.25, -0.2) is 8.42 Å². The van der Waals surface area contributed by atoms with E-state index >= 15 is 0 Å². The van der Waals surface area contributed by atoms with Gasteiger partial charge in [0.1, 0.15) is 11.9 Å². The molecule has 1 aliphatic rings. The normalized spacial score (nSPS) is 18.6. The molecule has 2 heterocycles. The quantitative estimate of drug-likeness (QED) is 0.429. The summed E-state index contributed by atoms with van der Waals surface area (Å²) in [6.45, 7) is 3.74. The number of sulfonamides is 1. The van der Waals surface area contributed by atoms with Gasteiger partial charge in [0.05, 0.1) is 30.5 Å². The first-order chi connectivity index (χ1) is 19.1. The van der Waals surface area contributed by atoms with E-state index in [1.54, 1.807) is 72.5 Å².